The highest BCUT2D eigenvalue weighted by Crippen LogP contribution is 2.27. The molecule has 0 radical (unpaired) electrons. The first-order valence-corrected chi connectivity index (χ1v) is 8.86. The van der Waals surface area contributed by atoms with Crippen molar-refractivity contribution in [2.24, 2.45) is 0 Å². The molecular formula is C18H20Cl3N2O+. The fourth-order valence-corrected chi connectivity index (χ4v) is 2.77. The zero-order valence-corrected chi connectivity index (χ0v) is 15.4. The minimum absolute atomic E-state index is 0.173. The molecule has 0 saturated heterocycles. The number of amides is 1. The van der Waals surface area contributed by atoms with E-state index in [9.17, 15) is 4.79 Å². The molecule has 0 fully saturated rings. The molecule has 2 rings (SSSR count). The molecule has 6 heteroatoms. The third-order valence-electron chi connectivity index (χ3n) is 3.55. The lowest BCUT2D eigenvalue weighted by molar-refractivity contribution is -0.691. The topological polar surface area (TPSA) is 45.7 Å². The van der Waals surface area contributed by atoms with Gasteiger partial charge in [0.05, 0.1) is 13.0 Å². The Balaban J connectivity index is 1.87. The lowest BCUT2D eigenvalue weighted by atomic mass is 10.1. The van der Waals surface area contributed by atoms with Crippen molar-refractivity contribution >= 4 is 40.7 Å². The van der Waals surface area contributed by atoms with Gasteiger partial charge < -0.3 is 10.6 Å². The standard InChI is InChI=1S/C18H19Cl3N2O/c19-18(20,21)17(22-12-11-14-7-3-1-4-8-14)23-16(24)13-15-9-5-2-6-10-15/h1-10,17,22H,11-13H2,(H,23,24)/p+1. The van der Waals surface area contributed by atoms with Crippen LogP contribution in [0.15, 0.2) is 60.7 Å². The Kier molecular flexibility index (Phi) is 7.38. The van der Waals surface area contributed by atoms with Gasteiger partial charge in [0.25, 0.3) is 3.79 Å². The maximum atomic E-state index is 12.2. The quantitative estimate of drug-likeness (QED) is 0.558. The van der Waals surface area contributed by atoms with E-state index in [2.05, 4.69) is 5.32 Å². The second-order valence-electron chi connectivity index (χ2n) is 5.51. The molecule has 0 aliphatic carbocycles. The van der Waals surface area contributed by atoms with E-state index < -0.39 is 9.96 Å². The molecule has 1 amide bonds. The number of rotatable bonds is 7. The van der Waals surface area contributed by atoms with Crippen molar-refractivity contribution in [2.75, 3.05) is 6.54 Å². The number of alkyl halides is 3. The van der Waals surface area contributed by atoms with Crippen LogP contribution >= 0.6 is 34.8 Å². The normalized spacial score (nSPS) is 12.6. The van der Waals surface area contributed by atoms with E-state index >= 15 is 0 Å². The molecule has 0 bridgehead atoms. The van der Waals surface area contributed by atoms with Crippen molar-refractivity contribution in [2.45, 2.75) is 22.8 Å². The zero-order chi connectivity index (χ0) is 17.4. The van der Waals surface area contributed by atoms with Crippen molar-refractivity contribution in [1.29, 1.82) is 0 Å². The minimum atomic E-state index is -1.58. The van der Waals surface area contributed by atoms with Gasteiger partial charge in [0.15, 0.2) is 0 Å². The third-order valence-corrected chi connectivity index (χ3v) is 4.26. The van der Waals surface area contributed by atoms with Gasteiger partial charge >= 0.3 is 0 Å². The number of hydrogen-bond acceptors (Lipinski definition) is 1. The average molecular weight is 387 g/mol. The monoisotopic (exact) mass is 385 g/mol. The summed E-state index contributed by atoms with van der Waals surface area (Å²) in [5.41, 5.74) is 2.12. The van der Waals surface area contributed by atoms with E-state index in [1.807, 2.05) is 66.0 Å². The molecule has 1 unspecified atom stereocenters. The summed E-state index contributed by atoms with van der Waals surface area (Å²) in [5, 5.41) is 4.65. The first kappa shape index (κ1) is 19.1. The van der Waals surface area contributed by atoms with E-state index in [1.54, 1.807) is 0 Å². The SMILES string of the molecule is O=C(Cc1ccccc1)NC([NH2+]CCc1ccccc1)C(Cl)(Cl)Cl. The molecule has 3 nitrogen and oxygen atoms in total. The predicted octanol–water partition coefficient (Wildman–Crippen LogP) is 2.85. The van der Waals surface area contributed by atoms with Crippen LogP contribution in [0.25, 0.3) is 0 Å². The number of carbonyl (C=O) groups is 1. The maximum absolute atomic E-state index is 12.2. The first-order chi connectivity index (χ1) is 11.4. The summed E-state index contributed by atoms with van der Waals surface area (Å²) in [6.07, 6.45) is 0.444. The Morgan fingerprint density at radius 1 is 0.958 bits per heavy atom. The van der Waals surface area contributed by atoms with Crippen molar-refractivity contribution in [3.8, 4) is 0 Å². The van der Waals surface area contributed by atoms with E-state index in [4.69, 9.17) is 34.8 Å². The third kappa shape index (κ3) is 6.70. The molecule has 2 aromatic rings. The number of hydrogen-bond donors (Lipinski definition) is 2. The van der Waals surface area contributed by atoms with Gasteiger partial charge in [-0.3, -0.25) is 4.79 Å². The second-order valence-corrected chi connectivity index (χ2v) is 7.88. The Hall–Kier alpha value is -1.26. The van der Waals surface area contributed by atoms with Crippen LogP contribution in [0.4, 0.5) is 0 Å². The van der Waals surface area contributed by atoms with Crippen molar-refractivity contribution in [1.82, 2.24) is 5.32 Å². The van der Waals surface area contributed by atoms with Crippen LogP contribution in [-0.2, 0) is 17.6 Å². The van der Waals surface area contributed by atoms with Crippen molar-refractivity contribution in [3.63, 3.8) is 0 Å². The molecule has 3 N–H and O–H groups in total. The second kappa shape index (κ2) is 9.28. The number of nitrogens with two attached hydrogens (primary N) is 1. The summed E-state index contributed by atoms with van der Waals surface area (Å²) in [5.74, 6) is -0.173. The fourth-order valence-electron chi connectivity index (χ4n) is 2.34. The largest absolute Gasteiger partial charge is 0.323 e. The summed E-state index contributed by atoms with van der Waals surface area (Å²) in [7, 11) is 0. The summed E-state index contributed by atoms with van der Waals surface area (Å²) < 4.78 is -1.58. The Morgan fingerprint density at radius 3 is 2.04 bits per heavy atom. The number of nitrogens with one attached hydrogen (secondary N) is 1. The van der Waals surface area contributed by atoms with Gasteiger partial charge in [-0.05, 0) is 11.1 Å². The Bertz CT molecular complexity index is 630. The van der Waals surface area contributed by atoms with Crippen LogP contribution in [0, 0.1) is 0 Å². The van der Waals surface area contributed by atoms with Gasteiger partial charge in [0, 0.05) is 6.42 Å². The summed E-state index contributed by atoms with van der Waals surface area (Å²) in [6.45, 7) is 0.703. The molecular weight excluding hydrogens is 367 g/mol. The summed E-state index contributed by atoms with van der Waals surface area (Å²) in [6, 6.07) is 19.5. The van der Waals surface area contributed by atoms with Crippen molar-refractivity contribution in [3.05, 3.63) is 71.8 Å². The van der Waals surface area contributed by atoms with E-state index in [-0.39, 0.29) is 12.3 Å². The first-order valence-electron chi connectivity index (χ1n) is 7.72. The van der Waals surface area contributed by atoms with Crippen LogP contribution in [0.5, 0.6) is 0 Å². The van der Waals surface area contributed by atoms with Crippen LogP contribution in [-0.4, -0.2) is 22.4 Å². The smallest absolute Gasteiger partial charge is 0.262 e. The number of halogens is 3. The highest BCUT2D eigenvalue weighted by Gasteiger charge is 2.37. The molecule has 0 aliphatic rings. The van der Waals surface area contributed by atoms with Crippen LogP contribution in [0.1, 0.15) is 11.1 Å². The van der Waals surface area contributed by atoms with Gasteiger partial charge in [-0.15, -0.1) is 0 Å². The van der Waals surface area contributed by atoms with Gasteiger partial charge in [0.1, 0.15) is 0 Å². The van der Waals surface area contributed by atoms with Gasteiger partial charge in [-0.2, -0.15) is 0 Å². The Labute approximate surface area is 157 Å². The van der Waals surface area contributed by atoms with E-state index in [0.29, 0.717) is 6.54 Å². The molecule has 0 aliphatic heterocycles. The molecule has 1 atom stereocenters. The van der Waals surface area contributed by atoms with Crippen LogP contribution in [0.2, 0.25) is 0 Å². The molecule has 0 saturated carbocycles. The van der Waals surface area contributed by atoms with Crippen LogP contribution in [0.3, 0.4) is 0 Å². The molecule has 0 aromatic heterocycles. The van der Waals surface area contributed by atoms with Gasteiger partial charge in [0.2, 0.25) is 12.1 Å². The van der Waals surface area contributed by atoms with E-state index in [1.165, 1.54) is 5.56 Å². The molecule has 0 heterocycles. The average Bonchev–Trinajstić information content (AvgIpc) is 2.55. The maximum Gasteiger partial charge on any atom is 0.262 e. The minimum Gasteiger partial charge on any atom is -0.323 e. The molecule has 0 spiro atoms. The highest BCUT2D eigenvalue weighted by molar-refractivity contribution is 6.68. The molecule has 24 heavy (non-hydrogen) atoms. The highest BCUT2D eigenvalue weighted by atomic mass is 35.6. The van der Waals surface area contributed by atoms with Crippen molar-refractivity contribution < 1.29 is 10.1 Å². The summed E-state index contributed by atoms with van der Waals surface area (Å²) >= 11 is 18.0. The Morgan fingerprint density at radius 2 is 1.50 bits per heavy atom. The van der Waals surface area contributed by atoms with Gasteiger partial charge in [-0.1, -0.05) is 95.5 Å². The number of benzene rings is 2. The van der Waals surface area contributed by atoms with E-state index in [0.717, 1.165) is 12.0 Å². The number of carbonyl (C=O) groups excluding carboxylic acids is 1. The fraction of sp³-hybridized carbons (Fsp3) is 0.278. The molecule has 2 aromatic carbocycles. The van der Waals surface area contributed by atoms with Crippen LogP contribution < -0.4 is 10.6 Å². The lowest BCUT2D eigenvalue weighted by Crippen LogP contribution is -2.97. The van der Waals surface area contributed by atoms with Gasteiger partial charge in [-0.25, -0.2) is 0 Å². The zero-order valence-electron chi connectivity index (χ0n) is 13.1. The number of quaternary nitrogens is 1. The molecule has 128 valence electrons. The predicted molar refractivity (Wildman–Crippen MR) is 99.3 cm³/mol. The summed E-state index contributed by atoms with van der Waals surface area (Å²) in [4.78, 5) is 12.2. The lowest BCUT2D eigenvalue weighted by Gasteiger charge is -2.23.